The van der Waals surface area contributed by atoms with E-state index in [0.717, 1.165) is 19.3 Å². The van der Waals surface area contributed by atoms with Crippen molar-refractivity contribution in [1.82, 2.24) is 0 Å². The molecule has 3 atom stereocenters. The van der Waals surface area contributed by atoms with E-state index in [0.29, 0.717) is 18.3 Å². The third-order valence-electron chi connectivity index (χ3n) is 2.95. The van der Waals surface area contributed by atoms with Crippen molar-refractivity contribution in [2.45, 2.75) is 45.6 Å². The van der Waals surface area contributed by atoms with Crippen molar-refractivity contribution >= 4 is 5.78 Å². The van der Waals surface area contributed by atoms with Gasteiger partial charge in [0.25, 0.3) is 0 Å². The Morgan fingerprint density at radius 1 is 1.50 bits per heavy atom. The number of carbonyl (C=O) groups is 1. The first-order chi connectivity index (χ1) is 5.65. The monoisotopic (exact) mass is 170 g/mol. The predicted octanol–water partition coefficient (Wildman–Crippen LogP) is 1.76. The number of aliphatic hydroxyl groups excluding tert-OH is 1. The van der Waals surface area contributed by atoms with Crippen LogP contribution >= 0.6 is 0 Å². The third kappa shape index (κ3) is 2.07. The zero-order valence-corrected chi connectivity index (χ0v) is 7.92. The lowest BCUT2D eigenvalue weighted by Gasteiger charge is -2.18. The minimum absolute atomic E-state index is 0.153. The maximum absolute atomic E-state index is 10.9. The van der Waals surface area contributed by atoms with E-state index in [2.05, 4.69) is 6.92 Å². The van der Waals surface area contributed by atoms with E-state index in [4.69, 9.17) is 0 Å². The molecule has 3 unspecified atom stereocenters. The zero-order chi connectivity index (χ0) is 9.14. The van der Waals surface area contributed by atoms with Gasteiger partial charge in [0.05, 0.1) is 6.10 Å². The number of carbonyl (C=O) groups excluding carboxylic acids is 1. The molecular formula is C10H18O2. The lowest BCUT2D eigenvalue weighted by Crippen LogP contribution is -2.19. The van der Waals surface area contributed by atoms with Gasteiger partial charge in [0.2, 0.25) is 0 Å². The quantitative estimate of drug-likeness (QED) is 0.700. The van der Waals surface area contributed by atoms with E-state index in [1.807, 2.05) is 0 Å². The summed E-state index contributed by atoms with van der Waals surface area (Å²) in [4.78, 5) is 10.9. The maximum atomic E-state index is 10.9. The fourth-order valence-electron chi connectivity index (χ4n) is 2.36. The van der Waals surface area contributed by atoms with Crippen molar-refractivity contribution in [2.24, 2.45) is 11.8 Å². The molecule has 1 aliphatic carbocycles. The molecule has 0 spiro atoms. The van der Waals surface area contributed by atoms with E-state index in [1.54, 1.807) is 6.92 Å². The van der Waals surface area contributed by atoms with Crippen LogP contribution in [-0.4, -0.2) is 17.0 Å². The molecule has 0 heterocycles. The summed E-state index contributed by atoms with van der Waals surface area (Å²) in [5.41, 5.74) is 0. The van der Waals surface area contributed by atoms with Gasteiger partial charge in [-0.05, 0) is 31.6 Å². The lowest BCUT2D eigenvalue weighted by molar-refractivity contribution is -0.118. The second-order valence-electron chi connectivity index (χ2n) is 3.88. The van der Waals surface area contributed by atoms with Gasteiger partial charge in [0.15, 0.2) is 0 Å². The summed E-state index contributed by atoms with van der Waals surface area (Å²) in [5, 5.41) is 9.56. The smallest absolute Gasteiger partial charge is 0.130 e. The number of rotatable bonds is 3. The van der Waals surface area contributed by atoms with E-state index >= 15 is 0 Å². The molecule has 0 aromatic heterocycles. The van der Waals surface area contributed by atoms with Crippen molar-refractivity contribution in [3.05, 3.63) is 0 Å². The largest absolute Gasteiger partial charge is 0.393 e. The molecule has 1 saturated carbocycles. The van der Waals surface area contributed by atoms with Crippen LogP contribution in [0.25, 0.3) is 0 Å². The number of Topliss-reactive ketones (excluding diaryl/α,β-unsaturated/α-hetero) is 1. The molecule has 0 aromatic rings. The lowest BCUT2D eigenvalue weighted by atomic mass is 9.89. The fourth-order valence-corrected chi connectivity index (χ4v) is 2.36. The van der Waals surface area contributed by atoms with Gasteiger partial charge in [-0.25, -0.2) is 0 Å². The van der Waals surface area contributed by atoms with Crippen LogP contribution in [-0.2, 0) is 4.79 Å². The Bertz CT molecular complexity index is 165. The Morgan fingerprint density at radius 3 is 2.67 bits per heavy atom. The minimum Gasteiger partial charge on any atom is -0.393 e. The molecule has 1 N–H and O–H groups in total. The van der Waals surface area contributed by atoms with Crippen molar-refractivity contribution < 1.29 is 9.90 Å². The average molecular weight is 170 g/mol. The van der Waals surface area contributed by atoms with Gasteiger partial charge in [0, 0.05) is 6.42 Å². The first-order valence-electron chi connectivity index (χ1n) is 4.82. The Morgan fingerprint density at radius 2 is 2.17 bits per heavy atom. The van der Waals surface area contributed by atoms with Gasteiger partial charge in [-0.1, -0.05) is 13.3 Å². The summed E-state index contributed by atoms with van der Waals surface area (Å²) in [6.07, 6.45) is 3.42. The molecule has 2 nitrogen and oxygen atoms in total. The second-order valence-corrected chi connectivity index (χ2v) is 3.88. The minimum atomic E-state index is -0.153. The van der Waals surface area contributed by atoms with Gasteiger partial charge in [-0.3, -0.25) is 0 Å². The molecule has 1 rings (SSSR count). The number of hydrogen-bond donors (Lipinski definition) is 1. The molecular weight excluding hydrogens is 152 g/mol. The van der Waals surface area contributed by atoms with E-state index < -0.39 is 0 Å². The van der Waals surface area contributed by atoms with Crippen molar-refractivity contribution in [2.75, 3.05) is 0 Å². The molecule has 0 aromatic carbocycles. The summed E-state index contributed by atoms with van der Waals surface area (Å²) < 4.78 is 0. The topological polar surface area (TPSA) is 37.3 Å². The summed E-state index contributed by atoms with van der Waals surface area (Å²) >= 11 is 0. The summed E-state index contributed by atoms with van der Waals surface area (Å²) in [5.74, 6) is 1.07. The number of ketones is 1. The Labute approximate surface area is 74.0 Å². The van der Waals surface area contributed by atoms with Crippen LogP contribution in [0.5, 0.6) is 0 Å². The summed E-state index contributed by atoms with van der Waals surface area (Å²) in [6, 6.07) is 0. The first-order valence-corrected chi connectivity index (χ1v) is 4.82. The Balaban J connectivity index is 2.48. The van der Waals surface area contributed by atoms with Crippen LogP contribution in [0.1, 0.15) is 39.5 Å². The van der Waals surface area contributed by atoms with Gasteiger partial charge >= 0.3 is 0 Å². The van der Waals surface area contributed by atoms with Crippen molar-refractivity contribution in [3.8, 4) is 0 Å². The SMILES string of the molecule is CCC1C(O)CCC1CC(C)=O. The number of hydrogen-bond acceptors (Lipinski definition) is 2. The van der Waals surface area contributed by atoms with Crippen LogP contribution in [0.3, 0.4) is 0 Å². The Hall–Kier alpha value is -0.370. The first kappa shape index (κ1) is 9.72. The molecule has 2 heteroatoms. The molecule has 70 valence electrons. The summed E-state index contributed by atoms with van der Waals surface area (Å²) in [7, 11) is 0. The molecule has 0 bridgehead atoms. The fraction of sp³-hybridized carbons (Fsp3) is 0.900. The molecule has 0 aliphatic heterocycles. The normalized spacial score (nSPS) is 35.4. The van der Waals surface area contributed by atoms with Crippen molar-refractivity contribution in [1.29, 1.82) is 0 Å². The maximum Gasteiger partial charge on any atom is 0.130 e. The molecule has 0 amide bonds. The van der Waals surface area contributed by atoms with Crippen LogP contribution in [0, 0.1) is 11.8 Å². The highest BCUT2D eigenvalue weighted by Gasteiger charge is 2.33. The van der Waals surface area contributed by atoms with E-state index in [-0.39, 0.29) is 11.9 Å². The highest BCUT2D eigenvalue weighted by Crippen LogP contribution is 2.36. The molecule has 1 aliphatic rings. The molecule has 0 radical (unpaired) electrons. The van der Waals surface area contributed by atoms with Gasteiger partial charge in [-0.2, -0.15) is 0 Å². The highest BCUT2D eigenvalue weighted by molar-refractivity contribution is 5.75. The predicted molar refractivity (Wildman–Crippen MR) is 47.8 cm³/mol. The van der Waals surface area contributed by atoms with Gasteiger partial charge < -0.3 is 9.90 Å². The summed E-state index contributed by atoms with van der Waals surface area (Å²) in [6.45, 7) is 3.73. The zero-order valence-electron chi connectivity index (χ0n) is 7.92. The van der Waals surface area contributed by atoms with E-state index in [9.17, 15) is 9.90 Å². The standard InChI is InChI=1S/C10H18O2/c1-3-9-8(6-7(2)11)4-5-10(9)12/h8-10,12H,3-6H2,1-2H3. The third-order valence-corrected chi connectivity index (χ3v) is 2.95. The van der Waals surface area contributed by atoms with Gasteiger partial charge in [-0.15, -0.1) is 0 Å². The van der Waals surface area contributed by atoms with Crippen LogP contribution < -0.4 is 0 Å². The van der Waals surface area contributed by atoms with Gasteiger partial charge in [0.1, 0.15) is 5.78 Å². The molecule has 12 heavy (non-hydrogen) atoms. The van der Waals surface area contributed by atoms with Crippen LogP contribution in [0.15, 0.2) is 0 Å². The Kier molecular flexibility index (Phi) is 3.27. The molecule has 1 fully saturated rings. The highest BCUT2D eigenvalue weighted by atomic mass is 16.3. The van der Waals surface area contributed by atoms with Crippen LogP contribution in [0.2, 0.25) is 0 Å². The molecule has 0 saturated heterocycles. The van der Waals surface area contributed by atoms with Crippen molar-refractivity contribution in [3.63, 3.8) is 0 Å². The van der Waals surface area contributed by atoms with E-state index in [1.165, 1.54) is 0 Å². The number of aliphatic hydroxyl groups is 1. The average Bonchev–Trinajstić information content (AvgIpc) is 2.30. The van der Waals surface area contributed by atoms with Crippen LogP contribution in [0.4, 0.5) is 0 Å². The second kappa shape index (κ2) is 4.04.